The predicted octanol–water partition coefficient (Wildman–Crippen LogP) is 4.12. The average molecular weight is 434 g/mol. The summed E-state index contributed by atoms with van der Waals surface area (Å²) in [5.41, 5.74) is -0.677. The van der Waals surface area contributed by atoms with Crippen molar-refractivity contribution in [3.63, 3.8) is 0 Å². The minimum Gasteiger partial charge on any atom is -0.345 e. The minimum absolute atomic E-state index is 0.335. The molecule has 2 aliphatic rings. The van der Waals surface area contributed by atoms with Crippen LogP contribution in [-0.2, 0) is 16.2 Å². The summed E-state index contributed by atoms with van der Waals surface area (Å²) in [6.07, 6.45) is 3.18. The van der Waals surface area contributed by atoms with Crippen molar-refractivity contribution in [2.75, 3.05) is 10.6 Å². The van der Waals surface area contributed by atoms with Crippen LogP contribution in [-0.4, -0.2) is 21.5 Å². The molecule has 2 aliphatic heterocycles. The van der Waals surface area contributed by atoms with E-state index >= 15 is 0 Å². The fourth-order valence-corrected chi connectivity index (χ4v) is 4.43. The highest BCUT2D eigenvalue weighted by Gasteiger charge is 2.60. The highest BCUT2D eigenvalue weighted by Crippen LogP contribution is 2.48. The van der Waals surface area contributed by atoms with Gasteiger partial charge in [0, 0.05) is 34.9 Å². The number of rotatable bonds is 4. The lowest BCUT2D eigenvalue weighted by Gasteiger charge is -2.37. The number of ether oxygens (including phenoxy) is 1. The average Bonchev–Trinajstić information content (AvgIpc) is 3.33. The van der Waals surface area contributed by atoms with Crippen molar-refractivity contribution < 1.29 is 14.3 Å². The Morgan fingerprint density at radius 2 is 1.00 bits per heavy atom. The van der Waals surface area contributed by atoms with Crippen LogP contribution in [0.2, 0.25) is 0 Å². The molecule has 0 aliphatic carbocycles. The van der Waals surface area contributed by atoms with Crippen molar-refractivity contribution in [2.24, 2.45) is 0 Å². The van der Waals surface area contributed by atoms with E-state index in [9.17, 15) is 9.59 Å². The van der Waals surface area contributed by atoms with Gasteiger partial charge in [-0.05, 0) is 48.5 Å². The molecule has 33 heavy (non-hydrogen) atoms. The first-order chi connectivity index (χ1) is 16.1. The summed E-state index contributed by atoms with van der Waals surface area (Å²) < 4.78 is 6.66. The topological polar surface area (TPSA) is 93.2 Å². The molecule has 6 rings (SSSR count). The Morgan fingerprint density at radius 3 is 1.39 bits per heavy atom. The first-order valence-electron chi connectivity index (χ1n) is 10.5. The summed E-state index contributed by atoms with van der Waals surface area (Å²) in [6, 6.07) is 24.8. The maximum atomic E-state index is 13.9. The van der Waals surface area contributed by atoms with E-state index in [0.29, 0.717) is 33.9 Å². The van der Waals surface area contributed by atoms with Gasteiger partial charge >= 0.3 is 0 Å². The number of nitrogens with zero attached hydrogens (tertiary/aromatic N) is 2. The highest BCUT2D eigenvalue weighted by molar-refractivity contribution is 6.15. The third-order valence-electron chi connectivity index (χ3n) is 5.96. The van der Waals surface area contributed by atoms with Gasteiger partial charge in [-0.15, -0.1) is 0 Å². The summed E-state index contributed by atoms with van der Waals surface area (Å²) in [5, 5.41) is 6.46. The Hall–Kier alpha value is -4.36. The summed E-state index contributed by atoms with van der Waals surface area (Å²) in [7, 11) is 0. The van der Waals surface area contributed by atoms with E-state index in [4.69, 9.17) is 4.74 Å². The molecule has 7 heteroatoms. The zero-order chi connectivity index (χ0) is 22.5. The zero-order valence-electron chi connectivity index (χ0n) is 17.4. The number of benzene rings is 2. The van der Waals surface area contributed by atoms with Crippen LogP contribution in [0.1, 0.15) is 32.1 Å². The van der Waals surface area contributed by atoms with E-state index < -0.39 is 11.4 Å². The number of anilines is 2. The Bertz CT molecular complexity index is 1290. The van der Waals surface area contributed by atoms with Crippen LogP contribution in [0.3, 0.4) is 0 Å². The molecule has 0 saturated heterocycles. The highest BCUT2D eigenvalue weighted by atomic mass is 16.6. The van der Waals surface area contributed by atoms with Gasteiger partial charge in [0.15, 0.2) is 0 Å². The molecule has 0 fully saturated rings. The fraction of sp³-hybridized carbons (Fsp3) is 0.0769. The van der Waals surface area contributed by atoms with Gasteiger partial charge in [-0.1, -0.05) is 36.4 Å². The van der Waals surface area contributed by atoms with Gasteiger partial charge < -0.3 is 15.4 Å². The maximum Gasteiger partial charge on any atom is 0.250 e. The monoisotopic (exact) mass is 434 g/mol. The molecule has 0 amide bonds. The second-order valence-electron chi connectivity index (χ2n) is 7.89. The normalized spacial score (nSPS) is 22.9. The number of hydrogen-bond acceptors (Lipinski definition) is 7. The molecular formula is C26H18N4O3. The number of pyridine rings is 2. The predicted molar refractivity (Wildman–Crippen MR) is 122 cm³/mol. The first kappa shape index (κ1) is 19.3. The number of nitrogens with one attached hydrogen (secondary N) is 2. The van der Waals surface area contributed by atoms with Gasteiger partial charge in [0.1, 0.15) is 11.4 Å². The third kappa shape index (κ3) is 2.73. The number of aromatic nitrogens is 2. The summed E-state index contributed by atoms with van der Waals surface area (Å²) in [6.45, 7) is 0. The van der Waals surface area contributed by atoms with Crippen LogP contribution < -0.4 is 10.6 Å². The summed E-state index contributed by atoms with van der Waals surface area (Å²) in [5.74, 6) is -0.671. The number of para-hydroxylation sites is 2. The van der Waals surface area contributed by atoms with E-state index in [1.807, 2.05) is 12.1 Å². The molecule has 4 heterocycles. The lowest BCUT2D eigenvalue weighted by atomic mass is 9.97. The van der Waals surface area contributed by atoms with Crippen molar-refractivity contribution in [3.05, 3.63) is 120 Å². The lowest BCUT2D eigenvalue weighted by Crippen LogP contribution is -2.54. The van der Waals surface area contributed by atoms with E-state index in [2.05, 4.69) is 20.6 Å². The molecule has 2 N–H and O–H groups in total. The second kappa shape index (κ2) is 7.08. The van der Waals surface area contributed by atoms with Gasteiger partial charge in [0.25, 0.3) is 0 Å². The van der Waals surface area contributed by atoms with E-state index in [-0.39, 0.29) is 11.6 Å². The van der Waals surface area contributed by atoms with Gasteiger partial charge in [0.2, 0.25) is 23.0 Å². The Labute approximate surface area is 189 Å². The lowest BCUT2D eigenvalue weighted by molar-refractivity contribution is -0.0941. The number of ketones is 2. The zero-order valence-corrected chi connectivity index (χ0v) is 17.4. The quantitative estimate of drug-likeness (QED) is 0.499. The molecule has 0 radical (unpaired) electrons. The fourth-order valence-electron chi connectivity index (χ4n) is 4.43. The van der Waals surface area contributed by atoms with Crippen molar-refractivity contribution in [2.45, 2.75) is 11.4 Å². The second-order valence-corrected chi connectivity index (χ2v) is 7.89. The minimum atomic E-state index is -1.74. The largest absolute Gasteiger partial charge is 0.345 e. The number of carbonyl (C=O) groups is 2. The van der Waals surface area contributed by atoms with Crippen LogP contribution in [0.5, 0.6) is 0 Å². The number of Topliss-reactive ketones (excluding diaryl/α,β-unsaturated/α-hetero) is 2. The molecule has 2 aromatic heterocycles. The Morgan fingerprint density at radius 1 is 0.576 bits per heavy atom. The number of hydrogen-bond donors (Lipinski definition) is 2. The molecule has 2 unspecified atom stereocenters. The van der Waals surface area contributed by atoms with Crippen LogP contribution in [0, 0.1) is 0 Å². The number of carbonyl (C=O) groups excluding carboxylic acids is 2. The summed E-state index contributed by atoms with van der Waals surface area (Å²) >= 11 is 0. The van der Waals surface area contributed by atoms with Crippen molar-refractivity contribution in [1.82, 2.24) is 9.97 Å². The molecular weight excluding hydrogens is 416 g/mol. The van der Waals surface area contributed by atoms with Gasteiger partial charge in [-0.2, -0.15) is 0 Å². The van der Waals surface area contributed by atoms with Crippen LogP contribution in [0.15, 0.2) is 97.3 Å². The smallest absolute Gasteiger partial charge is 0.250 e. The standard InChI is InChI=1S/C26H18N4O3/c31-23-17-9-1-3-11-19(17)29-25(23,21-13-5-7-15-27-21)33-26(22-14-6-8-16-28-22)24(32)18-10-2-4-12-20(18)30-26/h1-16,29-30H. The van der Waals surface area contributed by atoms with Crippen LogP contribution in [0.4, 0.5) is 11.4 Å². The molecule has 0 saturated carbocycles. The molecule has 2 aromatic carbocycles. The molecule has 0 spiro atoms. The van der Waals surface area contributed by atoms with Crippen molar-refractivity contribution in [3.8, 4) is 0 Å². The Kier molecular flexibility index (Phi) is 4.15. The van der Waals surface area contributed by atoms with Crippen LogP contribution in [0.25, 0.3) is 0 Å². The first-order valence-corrected chi connectivity index (χ1v) is 10.5. The van der Waals surface area contributed by atoms with Crippen molar-refractivity contribution >= 4 is 22.9 Å². The number of fused-ring (bicyclic) bond motifs is 2. The maximum absolute atomic E-state index is 13.9. The van der Waals surface area contributed by atoms with Gasteiger partial charge in [-0.3, -0.25) is 19.6 Å². The summed E-state index contributed by atoms with van der Waals surface area (Å²) in [4.78, 5) is 36.6. The van der Waals surface area contributed by atoms with Gasteiger partial charge in [-0.25, -0.2) is 0 Å². The van der Waals surface area contributed by atoms with Crippen LogP contribution >= 0.6 is 0 Å². The molecule has 2 atom stereocenters. The molecule has 160 valence electrons. The van der Waals surface area contributed by atoms with E-state index in [1.165, 1.54) is 0 Å². The van der Waals surface area contributed by atoms with E-state index in [0.717, 1.165) is 0 Å². The Balaban J connectivity index is 1.57. The SMILES string of the molecule is O=C1c2ccccc2NC1(OC1(c2ccccn2)Nc2ccccc2C1=O)c1ccccn1. The third-order valence-corrected chi connectivity index (χ3v) is 5.96. The van der Waals surface area contributed by atoms with E-state index in [1.54, 1.807) is 85.2 Å². The van der Waals surface area contributed by atoms with Gasteiger partial charge in [0.05, 0.1) is 0 Å². The van der Waals surface area contributed by atoms with Crippen molar-refractivity contribution in [1.29, 1.82) is 0 Å². The molecule has 7 nitrogen and oxygen atoms in total. The molecule has 0 bridgehead atoms. The molecule has 4 aromatic rings.